The average Bonchev–Trinajstić information content (AvgIpc) is 2.53. The van der Waals surface area contributed by atoms with Crippen LogP contribution in [0.1, 0.15) is 11.4 Å². The summed E-state index contributed by atoms with van der Waals surface area (Å²) in [7, 11) is 0. The second kappa shape index (κ2) is 7.08. The molecule has 0 aliphatic heterocycles. The van der Waals surface area contributed by atoms with E-state index >= 15 is 0 Å². The third-order valence-corrected chi connectivity index (χ3v) is 5.47. The van der Waals surface area contributed by atoms with E-state index in [0.29, 0.717) is 16.7 Å². The summed E-state index contributed by atoms with van der Waals surface area (Å²) >= 11 is 7.48. The third kappa shape index (κ3) is 3.49. The lowest BCUT2D eigenvalue weighted by molar-refractivity contribution is 0.467. The number of benzene rings is 2. The highest BCUT2D eigenvalue weighted by atomic mass is 127. The van der Waals surface area contributed by atoms with E-state index in [-0.39, 0.29) is 11.3 Å². The molecule has 2 aromatic carbocycles. The van der Waals surface area contributed by atoms with Gasteiger partial charge in [0.2, 0.25) is 0 Å². The van der Waals surface area contributed by atoms with Gasteiger partial charge in [0.05, 0.1) is 24.3 Å². The highest BCUT2D eigenvalue weighted by Crippen LogP contribution is 2.26. The molecule has 0 bridgehead atoms. The van der Waals surface area contributed by atoms with Gasteiger partial charge in [-0.2, -0.15) is 9.78 Å². The SMILES string of the molecule is Cc1nc2ccc(Br)cc2c(=O)n1N=Cc1cc(I)c(O)c(I)c1. The van der Waals surface area contributed by atoms with Crippen LogP contribution in [0.15, 0.2) is 44.7 Å². The molecule has 8 heteroatoms. The zero-order chi connectivity index (χ0) is 17.4. The Hall–Kier alpha value is -1.01. The van der Waals surface area contributed by atoms with Crippen LogP contribution in [0.5, 0.6) is 5.75 Å². The van der Waals surface area contributed by atoms with Crippen molar-refractivity contribution in [2.75, 3.05) is 0 Å². The van der Waals surface area contributed by atoms with E-state index in [2.05, 4.69) is 71.2 Å². The van der Waals surface area contributed by atoms with Crippen LogP contribution in [-0.2, 0) is 0 Å². The summed E-state index contributed by atoms with van der Waals surface area (Å²) in [6, 6.07) is 8.98. The Morgan fingerprint density at radius 3 is 2.58 bits per heavy atom. The Bertz CT molecular complexity index is 1020. The topological polar surface area (TPSA) is 67.5 Å². The molecular weight excluding hydrogens is 600 g/mol. The van der Waals surface area contributed by atoms with Crippen molar-refractivity contribution in [3.05, 3.63) is 63.7 Å². The van der Waals surface area contributed by atoms with Crippen LogP contribution in [0.4, 0.5) is 0 Å². The van der Waals surface area contributed by atoms with Gasteiger partial charge in [0.1, 0.15) is 11.6 Å². The van der Waals surface area contributed by atoms with Gasteiger partial charge in [-0.1, -0.05) is 15.9 Å². The first-order valence-corrected chi connectivity index (χ1v) is 9.73. The molecule has 5 nitrogen and oxygen atoms in total. The number of phenolic OH excluding ortho intramolecular Hbond substituents is 1. The first-order chi connectivity index (χ1) is 11.4. The molecule has 3 aromatic rings. The number of halogens is 3. The monoisotopic (exact) mass is 609 g/mol. The molecule has 1 aromatic heterocycles. The largest absolute Gasteiger partial charge is 0.506 e. The highest BCUT2D eigenvalue weighted by Gasteiger charge is 2.08. The van der Waals surface area contributed by atoms with E-state index < -0.39 is 0 Å². The Morgan fingerprint density at radius 1 is 1.25 bits per heavy atom. The predicted octanol–water partition coefficient (Wildman–Crippen LogP) is 4.26. The molecule has 0 unspecified atom stereocenters. The van der Waals surface area contributed by atoms with Gasteiger partial charge in [0, 0.05) is 4.47 Å². The first-order valence-electron chi connectivity index (χ1n) is 6.78. The number of phenols is 1. The van der Waals surface area contributed by atoms with Gasteiger partial charge >= 0.3 is 0 Å². The van der Waals surface area contributed by atoms with Crippen LogP contribution in [0.2, 0.25) is 0 Å². The second-order valence-corrected chi connectivity index (χ2v) is 8.26. The summed E-state index contributed by atoms with van der Waals surface area (Å²) in [4.78, 5) is 17.1. The molecule has 1 heterocycles. The molecule has 0 aliphatic carbocycles. The van der Waals surface area contributed by atoms with Gasteiger partial charge in [-0.3, -0.25) is 4.79 Å². The second-order valence-electron chi connectivity index (χ2n) is 5.02. The lowest BCUT2D eigenvalue weighted by Gasteiger charge is -2.06. The van der Waals surface area contributed by atoms with Crippen LogP contribution in [-0.4, -0.2) is 21.0 Å². The molecule has 0 amide bonds. The summed E-state index contributed by atoms with van der Waals surface area (Å²) in [6.07, 6.45) is 1.59. The molecule has 0 spiro atoms. The van der Waals surface area contributed by atoms with Crippen molar-refractivity contribution >= 4 is 78.2 Å². The number of aromatic nitrogens is 2. The van der Waals surface area contributed by atoms with E-state index in [9.17, 15) is 9.90 Å². The van der Waals surface area contributed by atoms with Crippen LogP contribution >= 0.6 is 61.1 Å². The van der Waals surface area contributed by atoms with Crippen molar-refractivity contribution in [2.24, 2.45) is 5.10 Å². The van der Waals surface area contributed by atoms with Gasteiger partial charge in [0.15, 0.2) is 0 Å². The fraction of sp³-hybridized carbons (Fsp3) is 0.0625. The summed E-state index contributed by atoms with van der Waals surface area (Å²) in [6.45, 7) is 1.74. The smallest absolute Gasteiger partial charge is 0.282 e. The summed E-state index contributed by atoms with van der Waals surface area (Å²) in [5.41, 5.74) is 1.21. The van der Waals surface area contributed by atoms with Crippen molar-refractivity contribution in [2.45, 2.75) is 6.92 Å². The minimum atomic E-state index is -0.224. The van der Waals surface area contributed by atoms with Gasteiger partial charge in [-0.15, -0.1) is 0 Å². The normalized spacial score (nSPS) is 11.5. The van der Waals surface area contributed by atoms with Crippen molar-refractivity contribution in [1.29, 1.82) is 0 Å². The number of nitrogens with zero attached hydrogens (tertiary/aromatic N) is 3. The standard InChI is InChI=1S/C16H10BrI2N3O2/c1-8-21-14-3-2-10(17)6-11(14)16(24)22(8)20-7-9-4-12(18)15(23)13(19)5-9/h2-7,23H,1H3. The quantitative estimate of drug-likeness (QED) is 0.349. The van der Waals surface area contributed by atoms with Crippen LogP contribution in [0.3, 0.4) is 0 Å². The maximum absolute atomic E-state index is 12.7. The lowest BCUT2D eigenvalue weighted by Crippen LogP contribution is -2.20. The molecule has 0 aliphatic rings. The predicted molar refractivity (Wildman–Crippen MR) is 115 cm³/mol. The summed E-state index contributed by atoms with van der Waals surface area (Å²) in [5, 5.41) is 14.6. The Labute approximate surface area is 173 Å². The molecule has 0 saturated heterocycles. The van der Waals surface area contributed by atoms with Crippen LogP contribution < -0.4 is 5.56 Å². The van der Waals surface area contributed by atoms with Crippen LogP contribution in [0, 0.1) is 14.1 Å². The molecule has 3 rings (SSSR count). The summed E-state index contributed by atoms with van der Waals surface area (Å²) in [5.74, 6) is 0.758. The van der Waals surface area contributed by atoms with Gasteiger partial charge in [0.25, 0.3) is 5.56 Å². The fourth-order valence-corrected chi connectivity index (χ4v) is 4.36. The van der Waals surface area contributed by atoms with Crippen molar-refractivity contribution in [3.63, 3.8) is 0 Å². The number of aryl methyl sites for hydroxylation is 1. The zero-order valence-corrected chi connectivity index (χ0v) is 18.2. The van der Waals surface area contributed by atoms with E-state index in [1.807, 2.05) is 6.07 Å². The molecule has 0 radical (unpaired) electrons. The third-order valence-electron chi connectivity index (χ3n) is 3.33. The van der Waals surface area contributed by atoms with E-state index in [0.717, 1.165) is 17.2 Å². The van der Waals surface area contributed by atoms with Gasteiger partial charge in [-0.05, 0) is 88.0 Å². The Balaban J connectivity index is 2.12. The Morgan fingerprint density at radius 2 is 1.92 bits per heavy atom. The van der Waals surface area contributed by atoms with Gasteiger partial charge < -0.3 is 5.11 Å². The van der Waals surface area contributed by atoms with Crippen LogP contribution in [0.25, 0.3) is 10.9 Å². The minimum absolute atomic E-state index is 0.224. The molecular formula is C16H10BrI2N3O2. The molecule has 24 heavy (non-hydrogen) atoms. The van der Waals surface area contributed by atoms with E-state index in [1.54, 1.807) is 37.4 Å². The number of rotatable bonds is 2. The van der Waals surface area contributed by atoms with Gasteiger partial charge in [-0.25, -0.2) is 4.98 Å². The minimum Gasteiger partial charge on any atom is -0.506 e. The molecule has 1 N–H and O–H groups in total. The van der Waals surface area contributed by atoms with E-state index in [4.69, 9.17) is 0 Å². The summed E-state index contributed by atoms with van der Waals surface area (Å²) < 4.78 is 3.55. The number of hydrogen-bond donors (Lipinski definition) is 1. The highest BCUT2D eigenvalue weighted by molar-refractivity contribution is 14.1. The average molecular weight is 610 g/mol. The molecule has 0 atom stereocenters. The lowest BCUT2D eigenvalue weighted by atomic mass is 10.2. The molecule has 0 saturated carbocycles. The van der Waals surface area contributed by atoms with Crippen molar-refractivity contribution in [1.82, 2.24) is 9.66 Å². The zero-order valence-electron chi connectivity index (χ0n) is 12.3. The maximum atomic E-state index is 12.7. The molecule has 122 valence electrons. The van der Waals surface area contributed by atoms with E-state index in [1.165, 1.54) is 4.68 Å². The number of hydrogen-bond acceptors (Lipinski definition) is 4. The number of fused-ring (bicyclic) bond motifs is 1. The number of aromatic hydroxyl groups is 1. The fourth-order valence-electron chi connectivity index (χ4n) is 2.18. The maximum Gasteiger partial charge on any atom is 0.282 e. The van der Waals surface area contributed by atoms with Crippen molar-refractivity contribution in [3.8, 4) is 5.75 Å². The van der Waals surface area contributed by atoms with Crippen molar-refractivity contribution < 1.29 is 5.11 Å². The molecule has 0 fully saturated rings. The Kier molecular flexibility index (Phi) is 5.25. The first kappa shape index (κ1) is 17.8.